The van der Waals surface area contributed by atoms with Gasteiger partial charge in [-0.2, -0.15) is 4.98 Å². The largest absolute Gasteiger partial charge is 0.279 e. The monoisotopic (exact) mass is 239 g/mol. The van der Waals surface area contributed by atoms with Gasteiger partial charge in [-0.3, -0.25) is 9.78 Å². The van der Waals surface area contributed by atoms with Crippen LogP contribution in [0.5, 0.6) is 0 Å². The summed E-state index contributed by atoms with van der Waals surface area (Å²) in [7, 11) is 1.83. The van der Waals surface area contributed by atoms with Crippen LogP contribution in [0.4, 0.5) is 0 Å². The molecule has 15 heavy (non-hydrogen) atoms. The Bertz CT molecular complexity index is 556. The molecule has 1 heterocycles. The molecule has 1 N–H and O–H groups in total. The molecule has 0 saturated heterocycles. The van der Waals surface area contributed by atoms with Crippen LogP contribution in [-0.4, -0.2) is 14.8 Å². The minimum Gasteiger partial charge on any atom is -0.279 e. The zero-order chi connectivity index (χ0) is 11.0. The summed E-state index contributed by atoms with van der Waals surface area (Å²) in [6.45, 7) is 1.96. The van der Waals surface area contributed by atoms with E-state index >= 15 is 0 Å². The van der Waals surface area contributed by atoms with Gasteiger partial charge < -0.3 is 0 Å². The first kappa shape index (κ1) is 10.4. The van der Waals surface area contributed by atoms with Gasteiger partial charge >= 0.3 is 0 Å². The second-order valence-electron chi connectivity index (χ2n) is 3.33. The van der Waals surface area contributed by atoms with E-state index in [2.05, 4.69) is 10.1 Å². The van der Waals surface area contributed by atoms with E-state index in [-0.39, 0.29) is 0 Å². The van der Waals surface area contributed by atoms with E-state index in [1.54, 1.807) is 4.68 Å². The lowest BCUT2D eigenvalue weighted by atomic mass is 10.1. The van der Waals surface area contributed by atoms with Crippen molar-refractivity contribution in [3.8, 4) is 11.4 Å². The van der Waals surface area contributed by atoms with Crippen LogP contribution in [0.1, 0.15) is 5.56 Å². The summed E-state index contributed by atoms with van der Waals surface area (Å²) in [5.41, 5.74) is 1.98. The van der Waals surface area contributed by atoms with Gasteiger partial charge in [-0.05, 0) is 30.8 Å². The number of nitrogens with one attached hydrogen (secondary N) is 1. The first-order valence-corrected chi connectivity index (χ1v) is 5.26. The average Bonchev–Trinajstić information content (AvgIpc) is 2.51. The van der Waals surface area contributed by atoms with Crippen molar-refractivity contribution >= 4 is 23.8 Å². The molecular formula is C10H10ClN3S. The normalized spacial score (nSPS) is 10.6. The molecule has 0 radical (unpaired) electrons. The molecule has 0 fully saturated rings. The van der Waals surface area contributed by atoms with E-state index in [0.29, 0.717) is 4.77 Å². The Morgan fingerprint density at radius 2 is 2.20 bits per heavy atom. The topological polar surface area (TPSA) is 33.6 Å². The SMILES string of the molecule is Cc1c(Cl)cccc1-c1nc(=S)n(C)[nH]1. The summed E-state index contributed by atoms with van der Waals surface area (Å²) in [5.74, 6) is 0.752. The zero-order valence-electron chi connectivity index (χ0n) is 8.41. The standard InChI is InChI=1S/C10H10ClN3S/c1-6-7(4-3-5-8(6)11)9-12-10(15)14(2)13-9/h3-5H,1-2H3,(H,12,13,15). The first-order chi connectivity index (χ1) is 7.09. The van der Waals surface area contributed by atoms with Crippen LogP contribution in [0.15, 0.2) is 18.2 Å². The molecule has 1 aromatic carbocycles. The van der Waals surface area contributed by atoms with Crippen LogP contribution in [-0.2, 0) is 7.05 Å². The molecule has 0 spiro atoms. The molecule has 0 aliphatic heterocycles. The van der Waals surface area contributed by atoms with E-state index in [1.807, 2.05) is 32.2 Å². The lowest BCUT2D eigenvalue weighted by molar-refractivity contribution is 0.756. The average molecular weight is 240 g/mol. The summed E-state index contributed by atoms with van der Waals surface area (Å²) in [6, 6.07) is 5.73. The van der Waals surface area contributed by atoms with Crippen LogP contribution >= 0.6 is 23.8 Å². The molecule has 2 aromatic rings. The van der Waals surface area contributed by atoms with Gasteiger partial charge in [-0.25, -0.2) is 0 Å². The van der Waals surface area contributed by atoms with Crippen LogP contribution in [0.25, 0.3) is 11.4 Å². The molecule has 0 amide bonds. The third kappa shape index (κ3) is 1.82. The minimum absolute atomic E-state index is 0.532. The Hall–Kier alpha value is -1.13. The van der Waals surface area contributed by atoms with E-state index < -0.39 is 0 Å². The highest BCUT2D eigenvalue weighted by atomic mass is 35.5. The fourth-order valence-electron chi connectivity index (χ4n) is 1.39. The molecule has 1 aromatic heterocycles. The van der Waals surface area contributed by atoms with E-state index in [9.17, 15) is 0 Å². The molecule has 3 nitrogen and oxygen atoms in total. The van der Waals surface area contributed by atoms with Crippen LogP contribution < -0.4 is 0 Å². The number of aromatic nitrogens is 3. The molecule has 0 saturated carbocycles. The van der Waals surface area contributed by atoms with Crippen molar-refractivity contribution in [1.29, 1.82) is 0 Å². The van der Waals surface area contributed by atoms with Gasteiger partial charge in [-0.1, -0.05) is 23.7 Å². The van der Waals surface area contributed by atoms with Gasteiger partial charge in [-0.15, -0.1) is 0 Å². The van der Waals surface area contributed by atoms with E-state index in [4.69, 9.17) is 23.8 Å². The number of hydrogen-bond donors (Lipinski definition) is 1. The summed E-state index contributed by atoms with van der Waals surface area (Å²) < 4.78 is 2.23. The Morgan fingerprint density at radius 1 is 1.47 bits per heavy atom. The lowest BCUT2D eigenvalue weighted by Gasteiger charge is -2.03. The highest BCUT2D eigenvalue weighted by Gasteiger charge is 2.07. The Labute approximate surface area is 97.7 Å². The first-order valence-electron chi connectivity index (χ1n) is 4.48. The number of aromatic amines is 1. The fraction of sp³-hybridized carbons (Fsp3) is 0.200. The van der Waals surface area contributed by atoms with Gasteiger partial charge in [0.2, 0.25) is 4.77 Å². The number of aryl methyl sites for hydroxylation is 1. The maximum atomic E-state index is 6.04. The predicted molar refractivity (Wildman–Crippen MR) is 63.6 cm³/mol. The second-order valence-corrected chi connectivity index (χ2v) is 4.10. The lowest BCUT2D eigenvalue weighted by Crippen LogP contribution is -1.90. The Balaban J connectivity index is 2.64. The molecule has 0 aliphatic carbocycles. The van der Waals surface area contributed by atoms with Crippen molar-refractivity contribution in [2.45, 2.75) is 6.92 Å². The Morgan fingerprint density at radius 3 is 2.80 bits per heavy atom. The number of halogens is 1. The second kappa shape index (κ2) is 3.79. The quantitative estimate of drug-likeness (QED) is 0.776. The summed E-state index contributed by atoms with van der Waals surface area (Å²) in [6.07, 6.45) is 0. The molecular weight excluding hydrogens is 230 g/mol. The highest BCUT2D eigenvalue weighted by Crippen LogP contribution is 2.25. The Kier molecular flexibility index (Phi) is 2.63. The summed E-state index contributed by atoms with van der Waals surface area (Å²) in [4.78, 5) is 4.25. The summed E-state index contributed by atoms with van der Waals surface area (Å²) in [5, 5.41) is 3.81. The van der Waals surface area contributed by atoms with Gasteiger partial charge in [0.25, 0.3) is 0 Å². The summed E-state index contributed by atoms with van der Waals surface area (Å²) >= 11 is 11.1. The molecule has 5 heteroatoms. The molecule has 0 atom stereocenters. The van der Waals surface area contributed by atoms with Crippen LogP contribution in [0.3, 0.4) is 0 Å². The van der Waals surface area contributed by atoms with E-state index in [0.717, 1.165) is 22.0 Å². The van der Waals surface area contributed by atoms with Crippen molar-refractivity contribution in [2.75, 3.05) is 0 Å². The molecule has 0 bridgehead atoms. The van der Waals surface area contributed by atoms with Crippen molar-refractivity contribution in [3.63, 3.8) is 0 Å². The molecule has 0 aliphatic rings. The number of benzene rings is 1. The van der Waals surface area contributed by atoms with Crippen molar-refractivity contribution in [2.24, 2.45) is 7.05 Å². The highest BCUT2D eigenvalue weighted by molar-refractivity contribution is 7.71. The number of hydrogen-bond acceptors (Lipinski definition) is 2. The van der Waals surface area contributed by atoms with Crippen LogP contribution in [0, 0.1) is 11.7 Å². The number of rotatable bonds is 1. The van der Waals surface area contributed by atoms with Gasteiger partial charge in [0.1, 0.15) is 0 Å². The fourth-order valence-corrected chi connectivity index (χ4v) is 1.70. The molecule has 78 valence electrons. The van der Waals surface area contributed by atoms with Crippen molar-refractivity contribution in [1.82, 2.24) is 14.8 Å². The molecule has 0 unspecified atom stereocenters. The van der Waals surface area contributed by atoms with Gasteiger partial charge in [0.05, 0.1) is 0 Å². The molecule has 2 rings (SSSR count). The van der Waals surface area contributed by atoms with Crippen LogP contribution in [0.2, 0.25) is 5.02 Å². The van der Waals surface area contributed by atoms with Crippen molar-refractivity contribution < 1.29 is 0 Å². The predicted octanol–water partition coefficient (Wildman–Crippen LogP) is 3.11. The maximum Gasteiger partial charge on any atom is 0.216 e. The minimum atomic E-state index is 0.532. The smallest absolute Gasteiger partial charge is 0.216 e. The van der Waals surface area contributed by atoms with Gasteiger partial charge in [0.15, 0.2) is 5.82 Å². The van der Waals surface area contributed by atoms with Gasteiger partial charge in [0, 0.05) is 17.6 Å². The zero-order valence-corrected chi connectivity index (χ0v) is 9.99. The van der Waals surface area contributed by atoms with E-state index in [1.165, 1.54) is 0 Å². The maximum absolute atomic E-state index is 6.04. The third-order valence-electron chi connectivity index (χ3n) is 2.29. The number of H-pyrrole nitrogens is 1. The van der Waals surface area contributed by atoms with Crippen molar-refractivity contribution in [3.05, 3.63) is 33.6 Å². The number of nitrogens with zero attached hydrogens (tertiary/aromatic N) is 2. The third-order valence-corrected chi connectivity index (χ3v) is 3.07.